The van der Waals surface area contributed by atoms with Crippen molar-refractivity contribution in [2.45, 2.75) is 66.3 Å². The summed E-state index contributed by atoms with van der Waals surface area (Å²) in [5, 5.41) is 6.95. The first-order valence-electron chi connectivity index (χ1n) is 7.77. The van der Waals surface area contributed by atoms with Crippen LogP contribution in [-0.2, 0) is 0 Å². The van der Waals surface area contributed by atoms with Gasteiger partial charge in [-0.1, -0.05) is 13.8 Å². The summed E-state index contributed by atoms with van der Waals surface area (Å²) in [5.74, 6) is 2.78. The highest BCUT2D eigenvalue weighted by molar-refractivity contribution is 5.57. The zero-order valence-corrected chi connectivity index (χ0v) is 13.5. The van der Waals surface area contributed by atoms with Gasteiger partial charge in [0.1, 0.15) is 17.5 Å². The third-order valence-corrected chi connectivity index (χ3v) is 4.28. The molecule has 1 aromatic heterocycles. The molecule has 2 rings (SSSR count). The van der Waals surface area contributed by atoms with E-state index in [9.17, 15) is 0 Å². The lowest BCUT2D eigenvalue weighted by Crippen LogP contribution is -2.30. The second-order valence-corrected chi connectivity index (χ2v) is 6.71. The van der Waals surface area contributed by atoms with Crippen molar-refractivity contribution in [2.24, 2.45) is 5.41 Å². The molecule has 0 unspecified atom stereocenters. The van der Waals surface area contributed by atoms with Gasteiger partial charge in [-0.15, -0.1) is 0 Å². The van der Waals surface area contributed by atoms with Crippen molar-refractivity contribution in [1.29, 1.82) is 0 Å². The van der Waals surface area contributed by atoms with E-state index in [1.54, 1.807) is 0 Å². The van der Waals surface area contributed by atoms with E-state index in [-0.39, 0.29) is 0 Å². The molecule has 1 heterocycles. The average molecular weight is 276 g/mol. The molecule has 1 saturated carbocycles. The van der Waals surface area contributed by atoms with Crippen molar-refractivity contribution in [2.75, 3.05) is 17.2 Å². The quantitative estimate of drug-likeness (QED) is 0.875. The SMILES string of the molecule is CCNc1nc(C)nc(NC2CCC(C)(C)CC2)c1C. The first kappa shape index (κ1) is 15.1. The van der Waals surface area contributed by atoms with Gasteiger partial charge in [0.2, 0.25) is 0 Å². The van der Waals surface area contributed by atoms with E-state index in [4.69, 9.17) is 0 Å². The molecule has 4 nitrogen and oxygen atoms in total. The van der Waals surface area contributed by atoms with Crippen LogP contribution in [0.15, 0.2) is 0 Å². The lowest BCUT2D eigenvalue weighted by molar-refractivity contribution is 0.232. The second-order valence-electron chi connectivity index (χ2n) is 6.71. The Morgan fingerprint density at radius 1 is 1.10 bits per heavy atom. The van der Waals surface area contributed by atoms with Gasteiger partial charge in [-0.3, -0.25) is 0 Å². The van der Waals surface area contributed by atoms with Crippen molar-refractivity contribution in [3.63, 3.8) is 0 Å². The normalized spacial score (nSPS) is 18.9. The van der Waals surface area contributed by atoms with E-state index >= 15 is 0 Å². The molecule has 1 fully saturated rings. The fourth-order valence-electron chi connectivity index (χ4n) is 2.85. The number of hydrogen-bond acceptors (Lipinski definition) is 4. The van der Waals surface area contributed by atoms with Gasteiger partial charge in [-0.25, -0.2) is 9.97 Å². The molecular formula is C16H28N4. The van der Waals surface area contributed by atoms with Crippen LogP contribution in [-0.4, -0.2) is 22.6 Å². The fraction of sp³-hybridized carbons (Fsp3) is 0.750. The molecule has 0 spiro atoms. The summed E-state index contributed by atoms with van der Waals surface area (Å²) in [6.45, 7) is 11.8. The number of rotatable bonds is 4. The van der Waals surface area contributed by atoms with E-state index in [2.05, 4.69) is 48.3 Å². The predicted molar refractivity (Wildman–Crippen MR) is 85.3 cm³/mol. The minimum Gasteiger partial charge on any atom is -0.370 e. The van der Waals surface area contributed by atoms with Gasteiger partial charge in [0.05, 0.1) is 0 Å². The molecule has 0 aromatic carbocycles. The van der Waals surface area contributed by atoms with Gasteiger partial charge in [-0.2, -0.15) is 0 Å². The van der Waals surface area contributed by atoms with Gasteiger partial charge in [0, 0.05) is 18.2 Å². The molecule has 20 heavy (non-hydrogen) atoms. The molecule has 1 aliphatic rings. The Balaban J connectivity index is 2.09. The number of aryl methyl sites for hydroxylation is 1. The topological polar surface area (TPSA) is 49.8 Å². The summed E-state index contributed by atoms with van der Waals surface area (Å²) in [4.78, 5) is 9.06. The molecule has 0 atom stereocenters. The standard InChI is InChI=1S/C16H28N4/c1-6-17-14-11(2)15(19-12(3)18-14)20-13-7-9-16(4,5)10-8-13/h13H,6-10H2,1-5H3,(H2,17,18,19,20). The van der Waals surface area contributed by atoms with Crippen LogP contribution in [0.2, 0.25) is 0 Å². The van der Waals surface area contributed by atoms with Crippen LogP contribution in [0.25, 0.3) is 0 Å². The summed E-state index contributed by atoms with van der Waals surface area (Å²) < 4.78 is 0. The third-order valence-electron chi connectivity index (χ3n) is 4.28. The average Bonchev–Trinajstić information content (AvgIpc) is 2.38. The van der Waals surface area contributed by atoms with Crippen molar-refractivity contribution in [3.8, 4) is 0 Å². The molecule has 0 saturated heterocycles. The zero-order chi connectivity index (χ0) is 14.8. The van der Waals surface area contributed by atoms with Crippen molar-refractivity contribution < 1.29 is 0 Å². The Labute approximate surface area is 122 Å². The molecule has 0 amide bonds. The van der Waals surface area contributed by atoms with E-state index in [1.807, 2.05) is 6.92 Å². The largest absolute Gasteiger partial charge is 0.370 e. The monoisotopic (exact) mass is 276 g/mol. The molecule has 0 aliphatic heterocycles. The number of aromatic nitrogens is 2. The van der Waals surface area contributed by atoms with Crippen molar-refractivity contribution >= 4 is 11.6 Å². The summed E-state index contributed by atoms with van der Waals surface area (Å²) in [6.07, 6.45) is 5.03. The summed E-state index contributed by atoms with van der Waals surface area (Å²) in [7, 11) is 0. The first-order chi connectivity index (χ1) is 9.41. The van der Waals surface area contributed by atoms with E-state index < -0.39 is 0 Å². The Bertz CT molecular complexity index is 458. The predicted octanol–water partition coefficient (Wildman–Crippen LogP) is 3.91. The highest BCUT2D eigenvalue weighted by atomic mass is 15.1. The third kappa shape index (κ3) is 3.62. The summed E-state index contributed by atoms with van der Waals surface area (Å²) in [5.41, 5.74) is 1.63. The maximum Gasteiger partial charge on any atom is 0.134 e. The smallest absolute Gasteiger partial charge is 0.134 e. The Morgan fingerprint density at radius 2 is 1.70 bits per heavy atom. The number of nitrogens with zero attached hydrogens (tertiary/aromatic N) is 2. The Morgan fingerprint density at radius 3 is 2.30 bits per heavy atom. The minimum absolute atomic E-state index is 0.504. The van der Waals surface area contributed by atoms with Crippen LogP contribution in [0.1, 0.15) is 57.8 Å². The number of hydrogen-bond donors (Lipinski definition) is 2. The minimum atomic E-state index is 0.504. The van der Waals surface area contributed by atoms with Crippen molar-refractivity contribution in [3.05, 3.63) is 11.4 Å². The van der Waals surface area contributed by atoms with Crippen LogP contribution in [0.5, 0.6) is 0 Å². The van der Waals surface area contributed by atoms with Gasteiger partial charge in [-0.05, 0) is 51.9 Å². The maximum atomic E-state index is 4.58. The van der Waals surface area contributed by atoms with Crippen LogP contribution in [0.3, 0.4) is 0 Å². The molecule has 1 aliphatic carbocycles. The lowest BCUT2D eigenvalue weighted by Gasteiger charge is -2.35. The second kappa shape index (κ2) is 5.98. The molecular weight excluding hydrogens is 248 g/mol. The highest BCUT2D eigenvalue weighted by Gasteiger charge is 2.27. The van der Waals surface area contributed by atoms with Crippen LogP contribution in [0, 0.1) is 19.3 Å². The van der Waals surface area contributed by atoms with Crippen molar-refractivity contribution in [1.82, 2.24) is 9.97 Å². The molecule has 0 radical (unpaired) electrons. The fourth-order valence-corrected chi connectivity index (χ4v) is 2.85. The van der Waals surface area contributed by atoms with Gasteiger partial charge < -0.3 is 10.6 Å². The lowest BCUT2D eigenvalue weighted by atomic mass is 9.75. The Kier molecular flexibility index (Phi) is 4.51. The summed E-state index contributed by atoms with van der Waals surface area (Å²) in [6, 6.07) is 0.547. The van der Waals surface area contributed by atoms with E-state index in [0.29, 0.717) is 11.5 Å². The molecule has 1 aromatic rings. The zero-order valence-electron chi connectivity index (χ0n) is 13.5. The van der Waals surface area contributed by atoms with Gasteiger partial charge in [0.25, 0.3) is 0 Å². The van der Waals surface area contributed by atoms with E-state index in [1.165, 1.54) is 25.7 Å². The number of anilines is 2. The summed E-state index contributed by atoms with van der Waals surface area (Å²) >= 11 is 0. The molecule has 112 valence electrons. The number of nitrogens with one attached hydrogen (secondary N) is 2. The first-order valence-corrected chi connectivity index (χ1v) is 7.77. The van der Waals surface area contributed by atoms with Gasteiger partial charge in [0.15, 0.2) is 0 Å². The van der Waals surface area contributed by atoms with Crippen LogP contribution in [0.4, 0.5) is 11.6 Å². The van der Waals surface area contributed by atoms with Crippen LogP contribution < -0.4 is 10.6 Å². The molecule has 4 heteroatoms. The highest BCUT2D eigenvalue weighted by Crippen LogP contribution is 2.36. The molecule has 2 N–H and O–H groups in total. The van der Waals surface area contributed by atoms with Crippen LogP contribution >= 0.6 is 0 Å². The molecule has 0 bridgehead atoms. The maximum absolute atomic E-state index is 4.58. The van der Waals surface area contributed by atoms with Gasteiger partial charge >= 0.3 is 0 Å². The van der Waals surface area contributed by atoms with E-state index in [0.717, 1.165) is 29.6 Å². The Hall–Kier alpha value is -1.32.